The number of hydrogen-bond donors (Lipinski definition) is 1. The largest absolute Gasteiger partial charge is 0.374 e. The molecule has 0 aliphatic carbocycles. The molecule has 0 aliphatic rings. The second kappa shape index (κ2) is 8.26. The highest BCUT2D eigenvalue weighted by Gasteiger charge is 1.97. The summed E-state index contributed by atoms with van der Waals surface area (Å²) in [5, 5.41) is 3.41. The topological polar surface area (TPSA) is 21.3 Å². The van der Waals surface area contributed by atoms with E-state index in [1.165, 1.54) is 17.5 Å². The van der Waals surface area contributed by atoms with Gasteiger partial charge in [-0.1, -0.05) is 31.2 Å². The molecule has 0 heterocycles. The van der Waals surface area contributed by atoms with Crippen molar-refractivity contribution < 1.29 is 4.74 Å². The van der Waals surface area contributed by atoms with E-state index in [0.717, 1.165) is 19.5 Å². The van der Waals surface area contributed by atoms with Crippen molar-refractivity contribution in [1.82, 2.24) is 5.32 Å². The highest BCUT2D eigenvalue weighted by Crippen LogP contribution is 2.07. The average Bonchev–Trinajstić information content (AvgIpc) is 2.33. The van der Waals surface area contributed by atoms with Gasteiger partial charge in [0.05, 0.1) is 12.7 Å². The Morgan fingerprint density at radius 3 is 2.29 bits per heavy atom. The van der Waals surface area contributed by atoms with Crippen LogP contribution < -0.4 is 5.32 Å². The Labute approximate surface area is 105 Å². The fourth-order valence-electron chi connectivity index (χ4n) is 1.60. The molecule has 0 atom stereocenters. The molecule has 0 aromatic heterocycles. The number of nitrogens with one attached hydrogen (secondary N) is 1. The lowest BCUT2D eigenvalue weighted by molar-refractivity contribution is 0.0657. The van der Waals surface area contributed by atoms with E-state index in [4.69, 9.17) is 4.74 Å². The van der Waals surface area contributed by atoms with Crippen LogP contribution in [-0.4, -0.2) is 19.2 Å². The first-order valence-corrected chi connectivity index (χ1v) is 6.62. The summed E-state index contributed by atoms with van der Waals surface area (Å²) in [4.78, 5) is 0. The normalized spacial score (nSPS) is 11.1. The lowest BCUT2D eigenvalue weighted by Crippen LogP contribution is -2.17. The van der Waals surface area contributed by atoms with E-state index in [1.807, 2.05) is 0 Å². The van der Waals surface area contributed by atoms with Crippen molar-refractivity contribution in [2.45, 2.75) is 46.3 Å². The zero-order chi connectivity index (χ0) is 12.5. The average molecular weight is 235 g/mol. The maximum Gasteiger partial charge on any atom is 0.0720 e. The third kappa shape index (κ3) is 6.44. The number of hydrogen-bond acceptors (Lipinski definition) is 2. The van der Waals surface area contributed by atoms with E-state index in [9.17, 15) is 0 Å². The summed E-state index contributed by atoms with van der Waals surface area (Å²) in [7, 11) is 0. The molecule has 0 saturated carbocycles. The molecule has 0 bridgehead atoms. The second-order valence-corrected chi connectivity index (χ2v) is 4.68. The fraction of sp³-hybridized carbons (Fsp3) is 0.600. The molecule has 1 aromatic rings. The Kier molecular flexibility index (Phi) is 6.90. The molecule has 1 rings (SSSR count). The summed E-state index contributed by atoms with van der Waals surface area (Å²) in [5.41, 5.74) is 2.64. The van der Waals surface area contributed by atoms with Gasteiger partial charge in [0.15, 0.2) is 0 Å². The second-order valence-electron chi connectivity index (χ2n) is 4.68. The van der Waals surface area contributed by atoms with Crippen molar-refractivity contribution in [3.63, 3.8) is 0 Å². The van der Waals surface area contributed by atoms with Gasteiger partial charge in [0.25, 0.3) is 0 Å². The molecule has 17 heavy (non-hydrogen) atoms. The molecule has 2 heteroatoms. The Morgan fingerprint density at radius 1 is 1.06 bits per heavy atom. The summed E-state index contributed by atoms with van der Waals surface area (Å²) in [5.74, 6) is 0. The zero-order valence-electron chi connectivity index (χ0n) is 11.3. The summed E-state index contributed by atoms with van der Waals surface area (Å²) >= 11 is 0. The summed E-state index contributed by atoms with van der Waals surface area (Å²) < 4.78 is 5.57. The number of benzene rings is 1. The van der Waals surface area contributed by atoms with E-state index >= 15 is 0 Å². The minimum absolute atomic E-state index is 0.299. The predicted molar refractivity (Wildman–Crippen MR) is 73.2 cm³/mol. The zero-order valence-corrected chi connectivity index (χ0v) is 11.3. The summed E-state index contributed by atoms with van der Waals surface area (Å²) in [6, 6.07) is 8.73. The first-order chi connectivity index (χ1) is 8.22. The smallest absolute Gasteiger partial charge is 0.0720 e. The first-order valence-electron chi connectivity index (χ1n) is 6.62. The highest BCUT2D eigenvalue weighted by molar-refractivity contribution is 5.22. The van der Waals surface area contributed by atoms with E-state index < -0.39 is 0 Å². The summed E-state index contributed by atoms with van der Waals surface area (Å²) in [6.07, 6.45) is 2.60. The molecular weight excluding hydrogens is 210 g/mol. The van der Waals surface area contributed by atoms with Gasteiger partial charge in [-0.25, -0.2) is 0 Å². The van der Waals surface area contributed by atoms with Crippen LogP contribution in [-0.2, 0) is 17.8 Å². The van der Waals surface area contributed by atoms with Gasteiger partial charge >= 0.3 is 0 Å². The third-order valence-corrected chi connectivity index (χ3v) is 2.62. The van der Waals surface area contributed by atoms with Gasteiger partial charge in [0.1, 0.15) is 0 Å². The SMILES string of the molecule is CCCNCCc1ccc(COC(C)C)cc1. The van der Waals surface area contributed by atoms with Crippen LogP contribution in [0.1, 0.15) is 38.3 Å². The molecule has 1 aromatic carbocycles. The van der Waals surface area contributed by atoms with E-state index in [2.05, 4.69) is 50.4 Å². The number of ether oxygens (including phenoxy) is 1. The molecule has 96 valence electrons. The van der Waals surface area contributed by atoms with Crippen molar-refractivity contribution in [2.24, 2.45) is 0 Å². The fourth-order valence-corrected chi connectivity index (χ4v) is 1.60. The maximum absolute atomic E-state index is 5.57. The van der Waals surface area contributed by atoms with Gasteiger partial charge in [-0.2, -0.15) is 0 Å². The lowest BCUT2D eigenvalue weighted by atomic mass is 10.1. The van der Waals surface area contributed by atoms with Crippen LogP contribution in [0, 0.1) is 0 Å². The van der Waals surface area contributed by atoms with Crippen molar-refractivity contribution in [2.75, 3.05) is 13.1 Å². The molecule has 0 radical (unpaired) electrons. The van der Waals surface area contributed by atoms with Crippen LogP contribution in [0.25, 0.3) is 0 Å². The monoisotopic (exact) mass is 235 g/mol. The van der Waals surface area contributed by atoms with Gasteiger partial charge in [0.2, 0.25) is 0 Å². The molecule has 0 saturated heterocycles. The van der Waals surface area contributed by atoms with Crippen LogP contribution in [0.4, 0.5) is 0 Å². The molecule has 0 fully saturated rings. The predicted octanol–water partition coefficient (Wildman–Crippen LogP) is 3.15. The minimum atomic E-state index is 0.299. The Balaban J connectivity index is 2.29. The van der Waals surface area contributed by atoms with Gasteiger partial charge in [-0.3, -0.25) is 0 Å². The Bertz CT molecular complexity index is 292. The molecule has 0 unspecified atom stereocenters. The van der Waals surface area contributed by atoms with Crippen LogP contribution in [0.2, 0.25) is 0 Å². The molecule has 0 amide bonds. The van der Waals surface area contributed by atoms with Crippen molar-refractivity contribution in [1.29, 1.82) is 0 Å². The van der Waals surface area contributed by atoms with Crippen molar-refractivity contribution in [3.05, 3.63) is 35.4 Å². The summed E-state index contributed by atoms with van der Waals surface area (Å²) in [6.45, 7) is 9.21. The van der Waals surface area contributed by atoms with Crippen LogP contribution in [0.3, 0.4) is 0 Å². The van der Waals surface area contributed by atoms with Gasteiger partial charge in [0, 0.05) is 0 Å². The van der Waals surface area contributed by atoms with Crippen molar-refractivity contribution >= 4 is 0 Å². The van der Waals surface area contributed by atoms with Gasteiger partial charge < -0.3 is 10.1 Å². The quantitative estimate of drug-likeness (QED) is 0.699. The molecular formula is C15H25NO. The van der Waals surface area contributed by atoms with Crippen LogP contribution in [0.5, 0.6) is 0 Å². The highest BCUT2D eigenvalue weighted by atomic mass is 16.5. The lowest BCUT2D eigenvalue weighted by Gasteiger charge is -2.08. The third-order valence-electron chi connectivity index (χ3n) is 2.62. The van der Waals surface area contributed by atoms with E-state index in [-0.39, 0.29) is 0 Å². The van der Waals surface area contributed by atoms with Gasteiger partial charge in [-0.05, 0) is 50.9 Å². The first kappa shape index (κ1) is 14.2. The molecule has 0 spiro atoms. The van der Waals surface area contributed by atoms with Crippen LogP contribution in [0.15, 0.2) is 24.3 Å². The molecule has 2 nitrogen and oxygen atoms in total. The Morgan fingerprint density at radius 2 is 1.71 bits per heavy atom. The maximum atomic E-state index is 5.57. The van der Waals surface area contributed by atoms with Crippen molar-refractivity contribution in [3.8, 4) is 0 Å². The number of rotatable bonds is 8. The Hall–Kier alpha value is -0.860. The van der Waals surface area contributed by atoms with E-state index in [1.54, 1.807) is 0 Å². The minimum Gasteiger partial charge on any atom is -0.374 e. The molecule has 0 aliphatic heterocycles. The van der Waals surface area contributed by atoms with Gasteiger partial charge in [-0.15, -0.1) is 0 Å². The standard InChI is InChI=1S/C15H25NO/c1-4-10-16-11-9-14-5-7-15(8-6-14)12-17-13(2)3/h5-8,13,16H,4,9-12H2,1-3H3. The molecule has 1 N–H and O–H groups in total. The van der Waals surface area contributed by atoms with Crippen LogP contribution >= 0.6 is 0 Å². The van der Waals surface area contributed by atoms with E-state index in [0.29, 0.717) is 12.7 Å².